The van der Waals surface area contributed by atoms with Crippen LogP contribution in [0.2, 0.25) is 5.02 Å². The molecule has 1 amide bonds. The molecule has 0 aromatic heterocycles. The zero-order valence-corrected chi connectivity index (χ0v) is 12.1. The van der Waals surface area contributed by atoms with E-state index in [1.165, 1.54) is 7.11 Å². The summed E-state index contributed by atoms with van der Waals surface area (Å²) in [7, 11) is 1.53. The Bertz CT molecular complexity index is 529. The third-order valence-electron chi connectivity index (χ3n) is 3.52. The molecule has 3 N–H and O–H groups in total. The first-order chi connectivity index (χ1) is 8.99. The summed E-state index contributed by atoms with van der Waals surface area (Å²) in [6, 6.07) is 5.04. The SMILES string of the molecule is COc1ccc(Cl)cc1NC(=O)C1(C(N)=S)CCC1. The molecule has 0 atom stereocenters. The second kappa shape index (κ2) is 5.35. The van der Waals surface area contributed by atoms with E-state index in [0.717, 1.165) is 6.42 Å². The number of methoxy groups -OCH3 is 1. The molecule has 0 heterocycles. The average Bonchev–Trinajstić information content (AvgIpc) is 2.27. The van der Waals surface area contributed by atoms with Gasteiger partial charge in [0.2, 0.25) is 5.91 Å². The fraction of sp³-hybridized carbons (Fsp3) is 0.385. The number of carbonyl (C=O) groups excluding carboxylic acids is 1. The maximum atomic E-state index is 12.4. The minimum atomic E-state index is -0.720. The lowest BCUT2D eigenvalue weighted by molar-refractivity contribution is -0.125. The van der Waals surface area contributed by atoms with Gasteiger partial charge in [0.05, 0.1) is 23.2 Å². The Kier molecular flexibility index (Phi) is 3.96. The number of amides is 1. The second-order valence-electron chi connectivity index (χ2n) is 4.60. The van der Waals surface area contributed by atoms with E-state index in [0.29, 0.717) is 29.3 Å². The third kappa shape index (κ3) is 2.53. The van der Waals surface area contributed by atoms with Crippen molar-refractivity contribution in [2.24, 2.45) is 11.1 Å². The van der Waals surface area contributed by atoms with Crippen molar-refractivity contribution in [2.45, 2.75) is 19.3 Å². The summed E-state index contributed by atoms with van der Waals surface area (Å²) in [5, 5.41) is 3.33. The smallest absolute Gasteiger partial charge is 0.237 e. The standard InChI is InChI=1S/C13H15ClN2O2S/c1-18-10-4-3-8(14)7-9(10)16-12(17)13(11(15)19)5-2-6-13/h3-4,7H,2,5-6H2,1H3,(H2,15,19)(H,16,17). The highest BCUT2D eigenvalue weighted by molar-refractivity contribution is 7.80. The molecule has 0 unspecified atom stereocenters. The number of anilines is 1. The van der Waals surface area contributed by atoms with Gasteiger partial charge < -0.3 is 15.8 Å². The van der Waals surface area contributed by atoms with Gasteiger partial charge in [-0.05, 0) is 31.0 Å². The molecule has 0 bridgehead atoms. The lowest BCUT2D eigenvalue weighted by atomic mass is 9.68. The van der Waals surface area contributed by atoms with Crippen molar-refractivity contribution in [1.82, 2.24) is 0 Å². The van der Waals surface area contributed by atoms with Crippen LogP contribution in [0.5, 0.6) is 5.75 Å². The van der Waals surface area contributed by atoms with Crippen LogP contribution in [0.15, 0.2) is 18.2 Å². The molecule has 0 spiro atoms. The quantitative estimate of drug-likeness (QED) is 0.839. The number of ether oxygens (including phenoxy) is 1. The highest BCUT2D eigenvalue weighted by atomic mass is 35.5. The Morgan fingerprint density at radius 3 is 2.68 bits per heavy atom. The molecule has 1 aromatic rings. The van der Waals surface area contributed by atoms with Crippen molar-refractivity contribution < 1.29 is 9.53 Å². The van der Waals surface area contributed by atoms with Crippen LogP contribution >= 0.6 is 23.8 Å². The summed E-state index contributed by atoms with van der Waals surface area (Å²) in [6.07, 6.45) is 2.34. The zero-order valence-electron chi connectivity index (χ0n) is 10.5. The Balaban J connectivity index is 2.23. The fourth-order valence-electron chi connectivity index (χ4n) is 2.14. The molecule has 4 nitrogen and oxygen atoms in total. The maximum absolute atomic E-state index is 12.4. The van der Waals surface area contributed by atoms with E-state index in [1.54, 1.807) is 18.2 Å². The van der Waals surface area contributed by atoms with Crippen molar-refractivity contribution in [2.75, 3.05) is 12.4 Å². The number of halogens is 1. The van der Waals surface area contributed by atoms with Crippen molar-refractivity contribution in [3.63, 3.8) is 0 Å². The van der Waals surface area contributed by atoms with Gasteiger partial charge in [0.1, 0.15) is 5.75 Å². The van der Waals surface area contributed by atoms with E-state index in [4.69, 9.17) is 34.3 Å². The van der Waals surface area contributed by atoms with E-state index in [2.05, 4.69) is 5.32 Å². The summed E-state index contributed by atoms with van der Waals surface area (Å²) >= 11 is 10.9. The lowest BCUT2D eigenvalue weighted by Crippen LogP contribution is -2.50. The first kappa shape index (κ1) is 14.1. The monoisotopic (exact) mass is 298 g/mol. The van der Waals surface area contributed by atoms with Gasteiger partial charge >= 0.3 is 0 Å². The van der Waals surface area contributed by atoms with Crippen molar-refractivity contribution >= 4 is 40.4 Å². The van der Waals surface area contributed by atoms with Gasteiger partial charge in [0.25, 0.3) is 0 Å². The highest BCUT2D eigenvalue weighted by Crippen LogP contribution is 2.43. The molecule has 6 heteroatoms. The molecule has 1 fully saturated rings. The Hall–Kier alpha value is -1.33. The first-order valence-corrected chi connectivity index (χ1v) is 6.73. The number of hydrogen-bond acceptors (Lipinski definition) is 3. The molecule has 1 aliphatic rings. The molecule has 1 aliphatic carbocycles. The van der Waals surface area contributed by atoms with Crippen LogP contribution < -0.4 is 15.8 Å². The van der Waals surface area contributed by atoms with E-state index >= 15 is 0 Å². The molecular formula is C13H15ClN2O2S. The van der Waals surface area contributed by atoms with Crippen molar-refractivity contribution in [3.8, 4) is 5.75 Å². The molecule has 0 aliphatic heterocycles. The first-order valence-electron chi connectivity index (χ1n) is 5.94. The molecule has 0 saturated heterocycles. The van der Waals surface area contributed by atoms with E-state index < -0.39 is 5.41 Å². The number of benzene rings is 1. The fourth-order valence-corrected chi connectivity index (χ4v) is 2.60. The number of nitrogens with one attached hydrogen (secondary N) is 1. The number of carbonyl (C=O) groups is 1. The molecule has 2 rings (SSSR count). The van der Waals surface area contributed by atoms with Gasteiger partial charge in [-0.1, -0.05) is 30.2 Å². The maximum Gasteiger partial charge on any atom is 0.237 e. The molecular weight excluding hydrogens is 284 g/mol. The summed E-state index contributed by atoms with van der Waals surface area (Å²) in [4.78, 5) is 12.6. The number of rotatable bonds is 4. The van der Waals surface area contributed by atoms with E-state index in [-0.39, 0.29) is 10.9 Å². The normalized spacial score (nSPS) is 16.3. The zero-order chi connectivity index (χ0) is 14.0. The molecule has 102 valence electrons. The van der Waals surface area contributed by atoms with Crippen molar-refractivity contribution in [1.29, 1.82) is 0 Å². The third-order valence-corrected chi connectivity index (χ3v) is 4.15. The molecule has 1 saturated carbocycles. The van der Waals surface area contributed by atoms with Crippen LogP contribution in [0, 0.1) is 5.41 Å². The lowest BCUT2D eigenvalue weighted by Gasteiger charge is -2.39. The van der Waals surface area contributed by atoms with Crippen LogP contribution in [-0.2, 0) is 4.79 Å². The molecule has 0 radical (unpaired) electrons. The average molecular weight is 299 g/mol. The van der Waals surface area contributed by atoms with Gasteiger partial charge in [-0.3, -0.25) is 4.79 Å². The summed E-state index contributed by atoms with van der Waals surface area (Å²) in [5.41, 5.74) is 5.51. The predicted molar refractivity (Wildman–Crippen MR) is 79.7 cm³/mol. The van der Waals surface area contributed by atoms with Gasteiger partial charge in [-0.15, -0.1) is 0 Å². The summed E-state index contributed by atoms with van der Waals surface area (Å²) < 4.78 is 5.19. The summed E-state index contributed by atoms with van der Waals surface area (Å²) in [5.74, 6) is 0.363. The van der Waals surface area contributed by atoms with Gasteiger partial charge in [0, 0.05) is 5.02 Å². The second-order valence-corrected chi connectivity index (χ2v) is 5.47. The highest BCUT2D eigenvalue weighted by Gasteiger charge is 2.47. The van der Waals surface area contributed by atoms with Crippen LogP contribution in [0.25, 0.3) is 0 Å². The number of nitrogens with two attached hydrogens (primary N) is 1. The molecule has 19 heavy (non-hydrogen) atoms. The summed E-state index contributed by atoms with van der Waals surface area (Å²) in [6.45, 7) is 0. The minimum absolute atomic E-state index is 0.188. The van der Waals surface area contributed by atoms with E-state index in [9.17, 15) is 4.79 Å². The largest absolute Gasteiger partial charge is 0.495 e. The Morgan fingerprint density at radius 1 is 1.53 bits per heavy atom. The minimum Gasteiger partial charge on any atom is -0.495 e. The van der Waals surface area contributed by atoms with Crippen LogP contribution in [0.1, 0.15) is 19.3 Å². The Labute approximate surface area is 122 Å². The van der Waals surface area contributed by atoms with Crippen LogP contribution in [-0.4, -0.2) is 18.0 Å². The van der Waals surface area contributed by atoms with Crippen LogP contribution in [0.3, 0.4) is 0 Å². The van der Waals surface area contributed by atoms with E-state index in [1.807, 2.05) is 0 Å². The van der Waals surface area contributed by atoms with Crippen LogP contribution in [0.4, 0.5) is 5.69 Å². The topological polar surface area (TPSA) is 64.3 Å². The Morgan fingerprint density at radius 2 is 2.21 bits per heavy atom. The van der Waals surface area contributed by atoms with Gasteiger partial charge in [0.15, 0.2) is 0 Å². The van der Waals surface area contributed by atoms with Gasteiger partial charge in [-0.25, -0.2) is 0 Å². The van der Waals surface area contributed by atoms with Gasteiger partial charge in [-0.2, -0.15) is 0 Å². The molecule has 1 aromatic carbocycles. The number of hydrogen-bond donors (Lipinski definition) is 2. The van der Waals surface area contributed by atoms with Crippen molar-refractivity contribution in [3.05, 3.63) is 23.2 Å². The predicted octanol–water partition coefficient (Wildman–Crippen LogP) is 2.74. The number of thiocarbonyl (C=S) groups is 1.